The van der Waals surface area contributed by atoms with E-state index in [1.807, 2.05) is 0 Å². The smallest absolute Gasteiger partial charge is 0.145 e. The van der Waals surface area contributed by atoms with Gasteiger partial charge in [-0.2, -0.15) is 0 Å². The third-order valence-electron chi connectivity index (χ3n) is 7.70. The number of nitrogens with zero attached hydrogens (tertiary/aromatic N) is 3. The van der Waals surface area contributed by atoms with Gasteiger partial charge in [0.1, 0.15) is 5.82 Å². The van der Waals surface area contributed by atoms with Gasteiger partial charge in [-0.05, 0) is 85.7 Å². The summed E-state index contributed by atoms with van der Waals surface area (Å²) in [5, 5.41) is 0. The molecule has 4 aromatic carbocycles. The first kappa shape index (κ1) is 25.5. The van der Waals surface area contributed by atoms with Crippen molar-refractivity contribution in [2.45, 2.75) is 33.6 Å². The van der Waals surface area contributed by atoms with Gasteiger partial charge in [0, 0.05) is 22.5 Å². The summed E-state index contributed by atoms with van der Waals surface area (Å²) in [5.41, 5.74) is 13.2. The van der Waals surface area contributed by atoms with Crippen LogP contribution in [-0.2, 0) is 6.42 Å². The van der Waals surface area contributed by atoms with Crippen LogP contribution < -0.4 is 0 Å². The van der Waals surface area contributed by atoms with Crippen LogP contribution in [0.15, 0.2) is 115 Å². The summed E-state index contributed by atoms with van der Waals surface area (Å²) in [7, 11) is 0. The summed E-state index contributed by atoms with van der Waals surface area (Å²) in [6.07, 6.45) is 6.44. The Morgan fingerprint density at radius 1 is 0.825 bits per heavy atom. The van der Waals surface area contributed by atoms with Crippen LogP contribution in [-0.4, -0.2) is 15.3 Å². The Morgan fingerprint density at radius 2 is 1.55 bits per heavy atom. The van der Waals surface area contributed by atoms with Crippen molar-refractivity contribution in [3.63, 3.8) is 0 Å². The van der Waals surface area contributed by atoms with Crippen LogP contribution in [0.4, 0.5) is 5.69 Å². The van der Waals surface area contributed by atoms with E-state index in [9.17, 15) is 0 Å². The van der Waals surface area contributed by atoms with E-state index in [0.29, 0.717) is 0 Å². The van der Waals surface area contributed by atoms with Crippen molar-refractivity contribution in [2.24, 2.45) is 4.99 Å². The number of benzene rings is 4. The Morgan fingerprint density at radius 3 is 2.33 bits per heavy atom. The first-order valence-corrected chi connectivity index (χ1v) is 13.9. The number of rotatable bonds is 6. The molecule has 0 bridgehead atoms. The number of aromatic nitrogens is 2. The molecule has 1 aliphatic rings. The molecule has 0 amide bonds. The minimum Gasteiger partial charge on any atom is -0.293 e. The second-order valence-electron chi connectivity index (χ2n) is 10.4. The molecule has 5 aromatic rings. The zero-order chi connectivity index (χ0) is 27.6. The molecule has 0 saturated carbocycles. The van der Waals surface area contributed by atoms with Crippen LogP contribution in [0.1, 0.15) is 52.5 Å². The molecule has 0 aliphatic heterocycles. The molecule has 0 spiro atoms. The molecule has 1 heterocycles. The zero-order valence-electron chi connectivity index (χ0n) is 23.4. The van der Waals surface area contributed by atoms with Crippen molar-refractivity contribution in [1.29, 1.82) is 0 Å². The number of hydrogen-bond acceptors (Lipinski definition) is 2. The van der Waals surface area contributed by atoms with Crippen molar-refractivity contribution < 1.29 is 0 Å². The summed E-state index contributed by atoms with van der Waals surface area (Å²) in [6, 6.07) is 33.8. The van der Waals surface area contributed by atoms with Crippen LogP contribution in [0.25, 0.3) is 28.7 Å². The number of fused-ring (bicyclic) bond motifs is 1. The number of hydrogen-bond donors (Lipinski definition) is 0. The molecule has 40 heavy (non-hydrogen) atoms. The van der Waals surface area contributed by atoms with E-state index in [2.05, 4.69) is 141 Å². The molecule has 0 atom stereocenters. The summed E-state index contributed by atoms with van der Waals surface area (Å²) in [4.78, 5) is 10.2. The Balaban J connectivity index is 1.36. The molecule has 3 heteroatoms. The van der Waals surface area contributed by atoms with E-state index < -0.39 is 0 Å². The fraction of sp³-hybridized carbons (Fsp3) is 0.135. The van der Waals surface area contributed by atoms with Crippen molar-refractivity contribution in [2.75, 3.05) is 0 Å². The fourth-order valence-electron chi connectivity index (χ4n) is 5.57. The maximum Gasteiger partial charge on any atom is 0.145 e. The minimum atomic E-state index is 0.939. The molecule has 6 rings (SSSR count). The number of aryl methyl sites for hydroxylation is 3. The average Bonchev–Trinajstić information content (AvgIpc) is 3.37. The second kappa shape index (κ2) is 10.8. The van der Waals surface area contributed by atoms with Gasteiger partial charge in [-0.3, -0.25) is 9.56 Å². The van der Waals surface area contributed by atoms with Gasteiger partial charge in [0.15, 0.2) is 0 Å². The Bertz CT molecular complexity index is 1770. The highest BCUT2D eigenvalue weighted by atomic mass is 15.1. The summed E-state index contributed by atoms with van der Waals surface area (Å²) < 4.78 is 2.27. The van der Waals surface area contributed by atoms with Crippen LogP contribution in [0, 0.1) is 13.8 Å². The van der Waals surface area contributed by atoms with Crippen molar-refractivity contribution in [3.05, 3.63) is 149 Å². The molecule has 0 radical (unpaired) electrons. The number of imidazole rings is 1. The molecular weight excluding hydrogens is 486 g/mol. The standard InChI is InChI=1S/C37H33N3/c1-25-13-8-9-17-32(25)27(3)36-26(2)14-12-19-34(36)38-28(4)29-21-23-30(24-22-29)37-39-33-18-10-11-20-35(33)40(37)31-15-6-5-7-16-31/h5-9,11-17,19-24H,3,10,18H2,1-2,4H3. The van der Waals surface area contributed by atoms with Gasteiger partial charge in [-0.15, -0.1) is 0 Å². The monoisotopic (exact) mass is 519 g/mol. The largest absolute Gasteiger partial charge is 0.293 e. The lowest BCUT2D eigenvalue weighted by Gasteiger charge is -2.15. The maximum absolute atomic E-state index is 5.11. The Hall–Kier alpha value is -4.76. The van der Waals surface area contributed by atoms with Gasteiger partial charge in [0.05, 0.1) is 17.1 Å². The first-order valence-electron chi connectivity index (χ1n) is 13.9. The van der Waals surface area contributed by atoms with Gasteiger partial charge >= 0.3 is 0 Å². The van der Waals surface area contributed by atoms with Gasteiger partial charge < -0.3 is 0 Å². The van der Waals surface area contributed by atoms with Gasteiger partial charge in [-0.1, -0.05) is 91.5 Å². The van der Waals surface area contributed by atoms with Crippen LogP contribution >= 0.6 is 0 Å². The van der Waals surface area contributed by atoms with E-state index in [-0.39, 0.29) is 0 Å². The third kappa shape index (κ3) is 4.76. The van der Waals surface area contributed by atoms with E-state index in [0.717, 1.165) is 69.3 Å². The highest BCUT2D eigenvalue weighted by Gasteiger charge is 2.20. The normalized spacial score (nSPS) is 12.8. The van der Waals surface area contributed by atoms with Crippen LogP contribution in [0.3, 0.4) is 0 Å². The van der Waals surface area contributed by atoms with Crippen molar-refractivity contribution >= 4 is 23.0 Å². The SMILES string of the molecule is C=C(c1ccccc1C)c1c(C)cccc1N=C(C)c1ccc(-c2nc3c(n2-c2ccccc2)C=CCC3)cc1. The van der Waals surface area contributed by atoms with Crippen LogP contribution in [0.2, 0.25) is 0 Å². The molecular formula is C37H33N3. The number of aliphatic imine (C=N–C) groups is 1. The zero-order valence-corrected chi connectivity index (χ0v) is 23.4. The van der Waals surface area contributed by atoms with E-state index in [4.69, 9.17) is 9.98 Å². The predicted octanol–water partition coefficient (Wildman–Crippen LogP) is 9.32. The molecule has 1 aliphatic carbocycles. The summed E-state index contributed by atoms with van der Waals surface area (Å²) in [5.74, 6) is 0.972. The lowest BCUT2D eigenvalue weighted by Crippen LogP contribution is -2.02. The minimum absolute atomic E-state index is 0.939. The van der Waals surface area contributed by atoms with Crippen molar-refractivity contribution in [3.8, 4) is 17.1 Å². The van der Waals surface area contributed by atoms with Crippen molar-refractivity contribution in [1.82, 2.24) is 9.55 Å². The molecule has 196 valence electrons. The Kier molecular flexibility index (Phi) is 6.88. The van der Waals surface area contributed by atoms with Gasteiger partial charge in [-0.25, -0.2) is 4.98 Å². The number of allylic oxidation sites excluding steroid dienone is 1. The topological polar surface area (TPSA) is 30.2 Å². The van der Waals surface area contributed by atoms with Gasteiger partial charge in [0.25, 0.3) is 0 Å². The fourth-order valence-corrected chi connectivity index (χ4v) is 5.57. The summed E-state index contributed by atoms with van der Waals surface area (Å²) >= 11 is 0. The molecule has 1 aromatic heterocycles. The lowest BCUT2D eigenvalue weighted by molar-refractivity contribution is 0.936. The number of para-hydroxylation sites is 1. The Labute approximate surface area is 236 Å². The molecule has 0 N–H and O–H groups in total. The second-order valence-corrected chi connectivity index (χ2v) is 10.4. The van der Waals surface area contributed by atoms with E-state index in [1.165, 1.54) is 16.8 Å². The quantitative estimate of drug-likeness (QED) is 0.206. The predicted molar refractivity (Wildman–Crippen MR) is 169 cm³/mol. The first-order chi connectivity index (χ1) is 19.5. The molecule has 0 unspecified atom stereocenters. The highest BCUT2D eigenvalue weighted by Crippen LogP contribution is 2.35. The highest BCUT2D eigenvalue weighted by molar-refractivity contribution is 6.01. The molecule has 0 fully saturated rings. The van der Waals surface area contributed by atoms with Crippen LogP contribution in [0.5, 0.6) is 0 Å². The third-order valence-corrected chi connectivity index (χ3v) is 7.70. The van der Waals surface area contributed by atoms with E-state index in [1.54, 1.807) is 0 Å². The molecule has 0 saturated heterocycles. The summed E-state index contributed by atoms with van der Waals surface area (Å²) in [6.45, 7) is 10.8. The van der Waals surface area contributed by atoms with Gasteiger partial charge in [0.2, 0.25) is 0 Å². The average molecular weight is 520 g/mol. The maximum atomic E-state index is 5.11. The van der Waals surface area contributed by atoms with E-state index >= 15 is 0 Å². The molecule has 3 nitrogen and oxygen atoms in total. The lowest BCUT2D eigenvalue weighted by atomic mass is 9.91.